The van der Waals surface area contributed by atoms with Gasteiger partial charge in [0, 0.05) is 22.1 Å². The molecule has 6 heteroatoms. The SMILES string of the molecule is CC[C@H]([NH2+]CC(=O)Nc1ccc(C(=O)OC)cc1)c1ccc(Br)cc1. The van der Waals surface area contributed by atoms with Crippen molar-refractivity contribution in [2.24, 2.45) is 0 Å². The van der Waals surface area contributed by atoms with Crippen molar-refractivity contribution >= 4 is 33.5 Å². The molecule has 0 aliphatic heterocycles. The number of carbonyl (C=O) groups is 2. The van der Waals surface area contributed by atoms with Crippen LogP contribution in [0.1, 0.15) is 35.3 Å². The maximum absolute atomic E-state index is 12.2. The van der Waals surface area contributed by atoms with E-state index in [1.807, 2.05) is 17.4 Å². The highest BCUT2D eigenvalue weighted by molar-refractivity contribution is 9.10. The van der Waals surface area contributed by atoms with Crippen molar-refractivity contribution in [3.63, 3.8) is 0 Å². The third-order valence-corrected chi connectivity index (χ3v) is 4.44. The minimum absolute atomic E-state index is 0.0821. The summed E-state index contributed by atoms with van der Waals surface area (Å²) in [6, 6.07) is 15.0. The van der Waals surface area contributed by atoms with Gasteiger partial charge in [-0.25, -0.2) is 4.79 Å². The standard InChI is InChI=1S/C19H21BrN2O3/c1-3-17(13-4-8-15(20)9-5-13)21-12-18(23)22-16-10-6-14(7-11-16)19(24)25-2/h4-11,17,21H,3,12H2,1-2H3,(H,22,23)/p+1/t17-/m0/s1. The van der Waals surface area contributed by atoms with Gasteiger partial charge in [0.25, 0.3) is 5.91 Å². The number of hydrogen-bond acceptors (Lipinski definition) is 3. The molecule has 0 saturated heterocycles. The van der Waals surface area contributed by atoms with Gasteiger partial charge in [0.05, 0.1) is 12.7 Å². The number of carbonyl (C=O) groups excluding carboxylic acids is 2. The molecule has 0 fully saturated rings. The quantitative estimate of drug-likeness (QED) is 0.695. The fourth-order valence-electron chi connectivity index (χ4n) is 2.52. The molecule has 2 rings (SSSR count). The van der Waals surface area contributed by atoms with E-state index in [1.165, 1.54) is 12.7 Å². The molecule has 1 amide bonds. The van der Waals surface area contributed by atoms with E-state index in [4.69, 9.17) is 0 Å². The first-order valence-corrected chi connectivity index (χ1v) is 8.89. The lowest BCUT2D eigenvalue weighted by molar-refractivity contribution is -0.686. The average molecular weight is 406 g/mol. The van der Waals surface area contributed by atoms with Crippen molar-refractivity contribution in [3.05, 3.63) is 64.1 Å². The Hall–Kier alpha value is -2.18. The van der Waals surface area contributed by atoms with Gasteiger partial charge in [0.2, 0.25) is 0 Å². The number of halogens is 1. The molecule has 0 aromatic heterocycles. The summed E-state index contributed by atoms with van der Waals surface area (Å²) < 4.78 is 5.69. The van der Waals surface area contributed by atoms with Crippen LogP contribution in [0.3, 0.4) is 0 Å². The van der Waals surface area contributed by atoms with Gasteiger partial charge in [0.1, 0.15) is 6.04 Å². The predicted octanol–water partition coefficient (Wildman–Crippen LogP) is 2.89. The second kappa shape index (κ2) is 9.34. The van der Waals surface area contributed by atoms with Gasteiger partial charge in [-0.1, -0.05) is 35.0 Å². The Labute approximate surface area is 155 Å². The number of amides is 1. The number of nitrogens with one attached hydrogen (secondary N) is 1. The summed E-state index contributed by atoms with van der Waals surface area (Å²) in [5, 5.41) is 4.87. The molecule has 0 bridgehead atoms. The van der Waals surface area contributed by atoms with Gasteiger partial charge in [-0.05, 0) is 36.4 Å². The number of benzene rings is 2. The van der Waals surface area contributed by atoms with E-state index < -0.39 is 5.97 Å². The van der Waals surface area contributed by atoms with Crippen LogP contribution in [0, 0.1) is 0 Å². The summed E-state index contributed by atoms with van der Waals surface area (Å²) in [5.74, 6) is -0.479. The monoisotopic (exact) mass is 405 g/mol. The lowest BCUT2D eigenvalue weighted by atomic mass is 10.0. The molecule has 0 radical (unpaired) electrons. The van der Waals surface area contributed by atoms with Crippen molar-refractivity contribution in [1.29, 1.82) is 0 Å². The summed E-state index contributed by atoms with van der Waals surface area (Å²) in [5.41, 5.74) is 2.30. The van der Waals surface area contributed by atoms with Crippen LogP contribution in [0.5, 0.6) is 0 Å². The highest BCUT2D eigenvalue weighted by Gasteiger charge is 2.15. The Kier molecular flexibility index (Phi) is 7.16. The Morgan fingerprint density at radius 3 is 2.32 bits per heavy atom. The van der Waals surface area contributed by atoms with E-state index in [1.54, 1.807) is 24.3 Å². The normalized spacial score (nSPS) is 11.6. The van der Waals surface area contributed by atoms with Gasteiger partial charge < -0.3 is 15.4 Å². The molecule has 2 aromatic rings. The van der Waals surface area contributed by atoms with E-state index in [9.17, 15) is 9.59 Å². The zero-order valence-electron chi connectivity index (χ0n) is 14.3. The van der Waals surface area contributed by atoms with E-state index in [-0.39, 0.29) is 11.9 Å². The molecule has 5 nitrogen and oxygen atoms in total. The molecule has 1 atom stereocenters. The zero-order valence-corrected chi connectivity index (χ0v) is 15.9. The van der Waals surface area contributed by atoms with Crippen LogP contribution in [-0.4, -0.2) is 25.5 Å². The molecular formula is C19H22BrN2O3+. The fraction of sp³-hybridized carbons (Fsp3) is 0.263. The van der Waals surface area contributed by atoms with Crippen molar-refractivity contribution < 1.29 is 19.6 Å². The maximum atomic E-state index is 12.2. The van der Waals surface area contributed by atoms with Crippen LogP contribution in [0.2, 0.25) is 0 Å². The first-order valence-electron chi connectivity index (χ1n) is 8.10. The summed E-state index contributed by atoms with van der Waals surface area (Å²) >= 11 is 3.43. The van der Waals surface area contributed by atoms with Crippen LogP contribution in [-0.2, 0) is 9.53 Å². The van der Waals surface area contributed by atoms with Gasteiger partial charge in [0.15, 0.2) is 6.54 Å². The largest absolute Gasteiger partial charge is 0.465 e. The third-order valence-electron chi connectivity index (χ3n) is 3.92. The first kappa shape index (κ1) is 19.1. The predicted molar refractivity (Wildman–Crippen MR) is 100 cm³/mol. The number of ether oxygens (including phenoxy) is 1. The number of quaternary nitrogens is 1. The lowest BCUT2D eigenvalue weighted by Crippen LogP contribution is -2.87. The summed E-state index contributed by atoms with van der Waals surface area (Å²) in [6.45, 7) is 2.43. The third kappa shape index (κ3) is 5.69. The maximum Gasteiger partial charge on any atom is 0.337 e. The Balaban J connectivity index is 1.88. The van der Waals surface area contributed by atoms with E-state index >= 15 is 0 Å². The molecule has 0 spiro atoms. The summed E-state index contributed by atoms with van der Waals surface area (Å²) in [4.78, 5) is 23.5. The minimum atomic E-state index is -0.397. The van der Waals surface area contributed by atoms with Crippen molar-refractivity contribution in [1.82, 2.24) is 0 Å². The number of methoxy groups -OCH3 is 1. The topological polar surface area (TPSA) is 72.0 Å². The Morgan fingerprint density at radius 2 is 1.76 bits per heavy atom. The van der Waals surface area contributed by atoms with Crippen LogP contribution >= 0.6 is 15.9 Å². The molecule has 25 heavy (non-hydrogen) atoms. The van der Waals surface area contributed by atoms with Gasteiger partial charge in [-0.2, -0.15) is 0 Å². The van der Waals surface area contributed by atoms with Crippen LogP contribution in [0.15, 0.2) is 53.0 Å². The van der Waals surface area contributed by atoms with Gasteiger partial charge in [-0.15, -0.1) is 0 Å². The van der Waals surface area contributed by atoms with Crippen LogP contribution in [0.25, 0.3) is 0 Å². The second-order valence-corrected chi connectivity index (χ2v) is 6.54. The number of anilines is 1. The highest BCUT2D eigenvalue weighted by Crippen LogP contribution is 2.16. The van der Waals surface area contributed by atoms with Gasteiger partial charge in [-0.3, -0.25) is 4.79 Å². The van der Waals surface area contributed by atoms with Crippen LogP contribution < -0.4 is 10.6 Å². The Bertz CT molecular complexity index is 714. The Morgan fingerprint density at radius 1 is 1.12 bits per heavy atom. The van der Waals surface area contributed by atoms with Gasteiger partial charge >= 0.3 is 5.97 Å². The summed E-state index contributed by atoms with van der Waals surface area (Å²) in [6.07, 6.45) is 0.933. The summed E-state index contributed by atoms with van der Waals surface area (Å²) in [7, 11) is 1.34. The smallest absolute Gasteiger partial charge is 0.337 e. The molecule has 0 aliphatic rings. The molecule has 0 saturated carbocycles. The average Bonchev–Trinajstić information content (AvgIpc) is 2.63. The van der Waals surface area contributed by atoms with Crippen molar-refractivity contribution in [3.8, 4) is 0 Å². The molecule has 2 aromatic carbocycles. The lowest BCUT2D eigenvalue weighted by Gasteiger charge is -2.14. The molecule has 3 N–H and O–H groups in total. The molecular weight excluding hydrogens is 384 g/mol. The van der Waals surface area contributed by atoms with Crippen molar-refractivity contribution in [2.45, 2.75) is 19.4 Å². The highest BCUT2D eigenvalue weighted by atomic mass is 79.9. The van der Waals surface area contributed by atoms with Crippen molar-refractivity contribution in [2.75, 3.05) is 19.0 Å². The zero-order chi connectivity index (χ0) is 18.2. The number of esters is 1. The van der Waals surface area contributed by atoms with E-state index in [0.29, 0.717) is 17.8 Å². The number of hydrogen-bond donors (Lipinski definition) is 2. The molecule has 0 aliphatic carbocycles. The fourth-order valence-corrected chi connectivity index (χ4v) is 2.78. The molecule has 0 heterocycles. The second-order valence-electron chi connectivity index (χ2n) is 5.62. The van der Waals surface area contributed by atoms with Crippen LogP contribution in [0.4, 0.5) is 5.69 Å². The first-order chi connectivity index (χ1) is 12.0. The minimum Gasteiger partial charge on any atom is -0.465 e. The number of rotatable bonds is 7. The number of nitrogens with two attached hydrogens (primary N) is 1. The van der Waals surface area contributed by atoms with E-state index in [0.717, 1.165) is 10.9 Å². The van der Waals surface area contributed by atoms with E-state index in [2.05, 4.69) is 45.0 Å². The molecule has 0 unspecified atom stereocenters. The molecule has 132 valence electrons.